The lowest BCUT2D eigenvalue weighted by atomic mass is 10.3. The molecule has 1 aromatic rings. The summed E-state index contributed by atoms with van der Waals surface area (Å²) >= 11 is 0. The first-order valence-corrected chi connectivity index (χ1v) is 5.72. The van der Waals surface area contributed by atoms with Crippen molar-refractivity contribution in [2.45, 2.75) is 17.1 Å². The minimum atomic E-state index is -3.48. The number of nitrogens with two attached hydrogens (primary N) is 1. The molecule has 1 unspecified atom stereocenters. The van der Waals surface area contributed by atoms with E-state index in [-0.39, 0.29) is 11.4 Å². The van der Waals surface area contributed by atoms with Gasteiger partial charge in [0.25, 0.3) is 0 Å². The Hall–Kier alpha value is -0.940. The molecule has 0 saturated carbocycles. The maximum atomic E-state index is 12.8. The lowest BCUT2D eigenvalue weighted by molar-refractivity contribution is 0.580. The number of halogens is 1. The molecule has 0 saturated heterocycles. The van der Waals surface area contributed by atoms with E-state index in [2.05, 4.69) is 0 Å². The van der Waals surface area contributed by atoms with E-state index in [0.717, 1.165) is 6.07 Å². The van der Waals surface area contributed by atoms with Crippen LogP contribution in [-0.2, 0) is 9.84 Å². The Bertz CT molecular complexity index is 417. The minimum absolute atomic E-state index is 0.0181. The molecule has 0 spiro atoms. The summed E-state index contributed by atoms with van der Waals surface area (Å²) in [5.74, 6) is -0.560. The predicted octanol–water partition coefficient (Wildman–Crippen LogP) is 0.947. The van der Waals surface area contributed by atoms with Gasteiger partial charge in [-0.15, -0.1) is 0 Å². The summed E-state index contributed by atoms with van der Waals surface area (Å²) in [5, 5.41) is -0.690. The lowest BCUT2D eigenvalue weighted by Crippen LogP contribution is -2.26. The van der Waals surface area contributed by atoms with Crippen LogP contribution in [0.5, 0.6) is 0 Å². The molecule has 0 fully saturated rings. The van der Waals surface area contributed by atoms with Gasteiger partial charge in [-0.25, -0.2) is 12.8 Å². The quantitative estimate of drug-likeness (QED) is 0.820. The van der Waals surface area contributed by atoms with Crippen LogP contribution in [0.15, 0.2) is 29.2 Å². The summed E-state index contributed by atoms with van der Waals surface area (Å²) in [6.45, 7) is 1.53. The van der Waals surface area contributed by atoms with Gasteiger partial charge in [0.05, 0.1) is 10.1 Å². The summed E-state index contributed by atoms with van der Waals surface area (Å²) in [6.07, 6.45) is 0. The van der Waals surface area contributed by atoms with Crippen LogP contribution in [0.2, 0.25) is 0 Å². The second-order valence-electron chi connectivity index (χ2n) is 3.05. The molecule has 0 radical (unpaired) electrons. The molecule has 0 heterocycles. The zero-order valence-electron chi connectivity index (χ0n) is 7.77. The second kappa shape index (κ2) is 4.06. The maximum Gasteiger partial charge on any atom is 0.182 e. The van der Waals surface area contributed by atoms with Gasteiger partial charge in [-0.2, -0.15) is 0 Å². The van der Waals surface area contributed by atoms with Crippen LogP contribution in [-0.4, -0.2) is 20.2 Å². The van der Waals surface area contributed by atoms with Crippen molar-refractivity contribution in [2.75, 3.05) is 6.54 Å². The van der Waals surface area contributed by atoms with Gasteiger partial charge < -0.3 is 5.73 Å². The molecule has 0 aliphatic carbocycles. The number of benzene rings is 1. The van der Waals surface area contributed by atoms with Crippen molar-refractivity contribution in [2.24, 2.45) is 5.73 Å². The molecule has 3 nitrogen and oxygen atoms in total. The van der Waals surface area contributed by atoms with Gasteiger partial charge in [0, 0.05) is 6.54 Å². The maximum absolute atomic E-state index is 12.8. The van der Waals surface area contributed by atoms with Gasteiger partial charge in [-0.05, 0) is 25.1 Å². The van der Waals surface area contributed by atoms with Crippen LogP contribution in [0.1, 0.15) is 6.92 Å². The third-order valence-corrected chi connectivity index (χ3v) is 4.15. The van der Waals surface area contributed by atoms with Crippen molar-refractivity contribution in [3.8, 4) is 0 Å². The summed E-state index contributed by atoms with van der Waals surface area (Å²) in [7, 11) is -3.48. The number of hydrogen-bond donors (Lipinski definition) is 1. The van der Waals surface area contributed by atoms with Crippen molar-refractivity contribution in [1.29, 1.82) is 0 Å². The van der Waals surface area contributed by atoms with Crippen molar-refractivity contribution >= 4 is 9.84 Å². The van der Waals surface area contributed by atoms with E-state index >= 15 is 0 Å². The molecule has 0 aliphatic heterocycles. The Morgan fingerprint density at radius 3 is 2.64 bits per heavy atom. The molecule has 0 amide bonds. The Labute approximate surface area is 82.7 Å². The molecule has 78 valence electrons. The highest BCUT2D eigenvalue weighted by molar-refractivity contribution is 7.92. The molecule has 0 aliphatic rings. The average molecular weight is 217 g/mol. The minimum Gasteiger partial charge on any atom is -0.329 e. The van der Waals surface area contributed by atoms with Crippen LogP contribution in [0, 0.1) is 5.82 Å². The monoisotopic (exact) mass is 217 g/mol. The largest absolute Gasteiger partial charge is 0.329 e. The summed E-state index contributed by atoms with van der Waals surface area (Å²) in [6, 6.07) is 4.93. The number of sulfone groups is 1. The fourth-order valence-corrected chi connectivity index (χ4v) is 2.27. The van der Waals surface area contributed by atoms with Gasteiger partial charge in [-0.3, -0.25) is 0 Å². The van der Waals surface area contributed by atoms with E-state index in [1.165, 1.54) is 25.1 Å². The average Bonchev–Trinajstić information content (AvgIpc) is 2.16. The first-order chi connectivity index (χ1) is 6.48. The molecule has 0 aromatic heterocycles. The third kappa shape index (κ3) is 2.10. The van der Waals surface area contributed by atoms with Crippen LogP contribution >= 0.6 is 0 Å². The summed E-state index contributed by atoms with van der Waals surface area (Å²) in [4.78, 5) is -0.0181. The number of hydrogen-bond acceptors (Lipinski definition) is 3. The zero-order chi connectivity index (χ0) is 10.8. The van der Waals surface area contributed by atoms with Crippen molar-refractivity contribution in [1.82, 2.24) is 0 Å². The van der Waals surface area contributed by atoms with Crippen molar-refractivity contribution in [3.05, 3.63) is 30.1 Å². The highest BCUT2D eigenvalue weighted by Crippen LogP contribution is 2.16. The highest BCUT2D eigenvalue weighted by Gasteiger charge is 2.21. The van der Waals surface area contributed by atoms with Crippen molar-refractivity contribution in [3.63, 3.8) is 0 Å². The summed E-state index contributed by atoms with van der Waals surface area (Å²) < 4.78 is 36.1. The molecule has 14 heavy (non-hydrogen) atoms. The van der Waals surface area contributed by atoms with Crippen LogP contribution < -0.4 is 5.73 Å². The molecular weight excluding hydrogens is 205 g/mol. The first-order valence-electron chi connectivity index (χ1n) is 4.18. The normalized spacial score (nSPS) is 13.9. The Morgan fingerprint density at radius 1 is 1.50 bits per heavy atom. The lowest BCUT2D eigenvalue weighted by Gasteiger charge is -2.09. The molecule has 0 bridgehead atoms. The van der Waals surface area contributed by atoms with Crippen LogP contribution in [0.25, 0.3) is 0 Å². The Kier molecular flexibility index (Phi) is 3.23. The first kappa shape index (κ1) is 11.1. The summed E-state index contributed by atoms with van der Waals surface area (Å²) in [5.41, 5.74) is 5.26. The van der Waals surface area contributed by atoms with E-state index in [1.807, 2.05) is 0 Å². The van der Waals surface area contributed by atoms with Crippen LogP contribution in [0.4, 0.5) is 4.39 Å². The molecule has 1 atom stereocenters. The van der Waals surface area contributed by atoms with Gasteiger partial charge in [-0.1, -0.05) is 6.07 Å². The number of rotatable bonds is 3. The standard InChI is InChI=1S/C9H12FNO2S/c1-7(6-11)14(12,13)9-4-2-3-8(10)5-9/h2-5,7H,6,11H2,1H3. The zero-order valence-corrected chi connectivity index (χ0v) is 8.59. The molecular formula is C9H12FNO2S. The van der Waals surface area contributed by atoms with Gasteiger partial charge in [0.2, 0.25) is 0 Å². The smallest absolute Gasteiger partial charge is 0.182 e. The van der Waals surface area contributed by atoms with E-state index < -0.39 is 20.9 Å². The van der Waals surface area contributed by atoms with Gasteiger partial charge in [0.1, 0.15) is 5.82 Å². The highest BCUT2D eigenvalue weighted by atomic mass is 32.2. The van der Waals surface area contributed by atoms with Gasteiger partial charge in [0.15, 0.2) is 9.84 Å². The fourth-order valence-electron chi connectivity index (χ4n) is 1.00. The molecule has 1 rings (SSSR count). The second-order valence-corrected chi connectivity index (χ2v) is 5.41. The van der Waals surface area contributed by atoms with E-state index in [9.17, 15) is 12.8 Å². The Balaban J connectivity index is 3.17. The van der Waals surface area contributed by atoms with Gasteiger partial charge >= 0.3 is 0 Å². The SMILES string of the molecule is CC(CN)S(=O)(=O)c1cccc(F)c1. The third-order valence-electron chi connectivity index (χ3n) is 1.99. The molecule has 5 heteroatoms. The van der Waals surface area contributed by atoms with E-state index in [4.69, 9.17) is 5.73 Å². The van der Waals surface area contributed by atoms with E-state index in [1.54, 1.807) is 0 Å². The fraction of sp³-hybridized carbons (Fsp3) is 0.333. The van der Waals surface area contributed by atoms with Crippen molar-refractivity contribution < 1.29 is 12.8 Å². The molecule has 2 N–H and O–H groups in total. The van der Waals surface area contributed by atoms with E-state index in [0.29, 0.717) is 0 Å². The topological polar surface area (TPSA) is 60.2 Å². The predicted molar refractivity (Wildman–Crippen MR) is 52.1 cm³/mol. The Morgan fingerprint density at radius 2 is 2.14 bits per heavy atom. The molecule has 1 aromatic carbocycles. The van der Waals surface area contributed by atoms with Crippen LogP contribution in [0.3, 0.4) is 0 Å².